The summed E-state index contributed by atoms with van der Waals surface area (Å²) in [5, 5.41) is 5.34. The minimum atomic E-state index is -0.737. The zero-order valence-electron chi connectivity index (χ0n) is 22.7. The summed E-state index contributed by atoms with van der Waals surface area (Å²) in [4.78, 5) is 42.6. The molecule has 3 aromatic heterocycles. The number of amides is 2. The quantitative estimate of drug-likeness (QED) is 0.259. The molecule has 0 saturated heterocycles. The predicted molar refractivity (Wildman–Crippen MR) is 152 cm³/mol. The van der Waals surface area contributed by atoms with E-state index >= 15 is 0 Å². The first-order valence-electron chi connectivity index (χ1n) is 13.2. The fourth-order valence-electron chi connectivity index (χ4n) is 4.62. The third-order valence-electron chi connectivity index (χ3n) is 6.96. The largest absolute Gasteiger partial charge is 0.453 e. The molecule has 1 aliphatic rings. The number of rotatable bonds is 7. The Hall–Kier alpha value is -5.32. The van der Waals surface area contributed by atoms with Crippen LogP contribution in [-0.4, -0.2) is 25.8 Å². The Bertz CT molecular complexity index is 1940. The second kappa shape index (κ2) is 10.6. The summed E-state index contributed by atoms with van der Waals surface area (Å²) in [5.74, 6) is -1.24. The first-order valence-corrected chi connectivity index (χ1v) is 13.2. The van der Waals surface area contributed by atoms with Crippen molar-refractivity contribution in [1.82, 2.24) is 14.0 Å². The predicted octanol–water partition coefficient (Wildman–Crippen LogP) is 5.77. The van der Waals surface area contributed by atoms with Gasteiger partial charge < -0.3 is 19.8 Å². The van der Waals surface area contributed by atoms with Crippen molar-refractivity contribution in [1.29, 1.82) is 0 Å². The molecule has 11 heteroatoms. The average molecular weight is 570 g/mol. The molecule has 9 nitrogen and oxygen atoms in total. The Morgan fingerprint density at radius 2 is 1.76 bits per heavy atom. The lowest BCUT2D eigenvalue weighted by molar-refractivity contribution is -0.117. The van der Waals surface area contributed by atoms with Crippen molar-refractivity contribution in [3.05, 3.63) is 112 Å². The molecular formula is C31H25F2N5O4. The average Bonchev–Trinajstić information content (AvgIpc) is 3.72. The zero-order chi connectivity index (χ0) is 29.5. The number of nitrogens with one attached hydrogen (secondary N) is 2. The number of carbonyl (C=O) groups is 2. The molecule has 0 atom stereocenters. The lowest BCUT2D eigenvalue weighted by Gasteiger charge is -2.15. The molecule has 42 heavy (non-hydrogen) atoms. The number of ether oxygens (including phenoxy) is 1. The molecule has 0 radical (unpaired) electrons. The molecule has 1 fully saturated rings. The van der Waals surface area contributed by atoms with Crippen molar-refractivity contribution in [3.8, 4) is 17.2 Å². The van der Waals surface area contributed by atoms with E-state index in [9.17, 15) is 23.2 Å². The van der Waals surface area contributed by atoms with Gasteiger partial charge in [-0.1, -0.05) is 0 Å². The van der Waals surface area contributed by atoms with Gasteiger partial charge in [-0.15, -0.1) is 0 Å². The monoisotopic (exact) mass is 569 g/mol. The van der Waals surface area contributed by atoms with Gasteiger partial charge in [0.1, 0.15) is 22.8 Å². The van der Waals surface area contributed by atoms with Gasteiger partial charge in [0.15, 0.2) is 17.4 Å². The smallest absolute Gasteiger partial charge is 0.268 e. The Morgan fingerprint density at radius 1 is 0.952 bits per heavy atom. The second-order valence-corrected chi connectivity index (χ2v) is 10.2. The topological polar surface area (TPSA) is 107 Å². The number of imidazole rings is 1. The van der Waals surface area contributed by atoms with Gasteiger partial charge in [-0.3, -0.25) is 19.0 Å². The van der Waals surface area contributed by atoms with Gasteiger partial charge in [0.05, 0.1) is 18.1 Å². The summed E-state index contributed by atoms with van der Waals surface area (Å²) in [6.45, 7) is 3.38. The molecule has 3 heterocycles. The van der Waals surface area contributed by atoms with Crippen LogP contribution in [0, 0.1) is 31.4 Å². The fourth-order valence-corrected chi connectivity index (χ4v) is 4.62. The number of carbonyl (C=O) groups excluding carboxylic acids is 2. The molecule has 5 aromatic rings. The number of aromatic nitrogens is 3. The molecule has 212 valence electrons. The number of fused-ring (bicyclic) bond motifs is 1. The highest BCUT2D eigenvalue weighted by Gasteiger charge is 2.30. The number of benzene rings is 2. The van der Waals surface area contributed by atoms with E-state index in [1.165, 1.54) is 41.0 Å². The van der Waals surface area contributed by atoms with Gasteiger partial charge in [0.25, 0.3) is 11.5 Å². The third-order valence-corrected chi connectivity index (χ3v) is 6.96. The van der Waals surface area contributed by atoms with Gasteiger partial charge in [-0.2, -0.15) is 0 Å². The Morgan fingerprint density at radius 3 is 2.50 bits per heavy atom. The van der Waals surface area contributed by atoms with E-state index in [2.05, 4.69) is 15.6 Å². The second-order valence-electron chi connectivity index (χ2n) is 10.2. The van der Waals surface area contributed by atoms with Crippen LogP contribution in [-0.2, 0) is 4.79 Å². The molecule has 2 N–H and O–H groups in total. The minimum Gasteiger partial charge on any atom is -0.453 e. The molecular weight excluding hydrogens is 544 g/mol. The highest BCUT2D eigenvalue weighted by molar-refractivity contribution is 6.04. The summed E-state index contributed by atoms with van der Waals surface area (Å²) in [5.41, 5.74) is 1.50. The highest BCUT2D eigenvalue weighted by Crippen LogP contribution is 2.31. The summed E-state index contributed by atoms with van der Waals surface area (Å²) in [7, 11) is 0. The van der Waals surface area contributed by atoms with E-state index in [0.29, 0.717) is 34.2 Å². The van der Waals surface area contributed by atoms with Gasteiger partial charge >= 0.3 is 0 Å². The van der Waals surface area contributed by atoms with Crippen LogP contribution in [0.15, 0.2) is 77.9 Å². The van der Waals surface area contributed by atoms with E-state index in [4.69, 9.17) is 4.74 Å². The molecule has 0 spiro atoms. The molecule has 0 unspecified atom stereocenters. The van der Waals surface area contributed by atoms with E-state index in [-0.39, 0.29) is 28.8 Å². The van der Waals surface area contributed by atoms with E-state index in [1.54, 1.807) is 48.8 Å². The zero-order valence-corrected chi connectivity index (χ0v) is 22.7. The van der Waals surface area contributed by atoms with Crippen molar-refractivity contribution in [2.24, 2.45) is 5.92 Å². The van der Waals surface area contributed by atoms with Crippen LogP contribution in [0.4, 0.5) is 20.3 Å². The SMILES string of the molecule is Cc1cc(F)ccc1-n1c(C)ccc(C(=O)Nc2ccc(Oc3ccc4nc(NC(=O)C5CC5)cn4c3)c(F)c2)c1=O. The first-order chi connectivity index (χ1) is 20.2. The lowest BCUT2D eigenvalue weighted by Crippen LogP contribution is -2.29. The van der Waals surface area contributed by atoms with Crippen LogP contribution in [0.1, 0.15) is 34.5 Å². The van der Waals surface area contributed by atoms with E-state index in [0.717, 1.165) is 18.9 Å². The highest BCUT2D eigenvalue weighted by atomic mass is 19.1. The maximum Gasteiger partial charge on any atom is 0.268 e. The molecule has 6 rings (SSSR count). The number of hydrogen-bond acceptors (Lipinski definition) is 5. The standard InChI is InChI=1S/C31H25F2N5O4/c1-17-13-20(32)6-10-25(17)38-18(2)3-9-23(31(38)41)30(40)34-21-7-11-26(24(33)14-21)42-22-8-12-28-35-27(16-37(28)15-22)36-29(39)19-4-5-19/h3,6-16,19H,4-5H2,1-2H3,(H,34,40)(H,36,39). The first kappa shape index (κ1) is 26.9. The normalized spacial score (nSPS) is 12.8. The summed E-state index contributed by atoms with van der Waals surface area (Å²) in [6.07, 6.45) is 5.02. The Labute approximate surface area is 238 Å². The number of hydrogen-bond donors (Lipinski definition) is 2. The van der Waals surface area contributed by atoms with Crippen LogP contribution in [0.3, 0.4) is 0 Å². The van der Waals surface area contributed by atoms with Gasteiger partial charge in [-0.25, -0.2) is 13.8 Å². The molecule has 0 aliphatic heterocycles. The minimum absolute atomic E-state index is 0.0470. The maximum absolute atomic E-state index is 15.0. The van der Waals surface area contributed by atoms with Crippen LogP contribution in [0.2, 0.25) is 0 Å². The lowest BCUT2D eigenvalue weighted by atomic mass is 10.1. The fraction of sp³-hybridized carbons (Fsp3) is 0.161. The molecule has 1 aliphatic carbocycles. The van der Waals surface area contributed by atoms with Crippen molar-refractivity contribution in [2.45, 2.75) is 26.7 Å². The number of aryl methyl sites for hydroxylation is 2. The number of halogens is 2. The molecule has 1 saturated carbocycles. The third kappa shape index (κ3) is 5.36. The molecule has 2 amide bonds. The van der Waals surface area contributed by atoms with Crippen LogP contribution < -0.4 is 20.9 Å². The van der Waals surface area contributed by atoms with Crippen LogP contribution >= 0.6 is 0 Å². The summed E-state index contributed by atoms with van der Waals surface area (Å²) < 4.78 is 37.3. The van der Waals surface area contributed by atoms with E-state index < -0.39 is 23.1 Å². The van der Waals surface area contributed by atoms with Crippen LogP contribution in [0.5, 0.6) is 11.5 Å². The van der Waals surface area contributed by atoms with Gasteiger partial charge in [0, 0.05) is 23.4 Å². The van der Waals surface area contributed by atoms with E-state index in [1.807, 2.05) is 0 Å². The summed E-state index contributed by atoms with van der Waals surface area (Å²) in [6, 6.07) is 14.2. The molecule has 0 bridgehead atoms. The number of nitrogens with zero attached hydrogens (tertiary/aromatic N) is 3. The number of pyridine rings is 2. The van der Waals surface area contributed by atoms with Crippen molar-refractivity contribution in [3.63, 3.8) is 0 Å². The number of anilines is 2. The van der Waals surface area contributed by atoms with Crippen molar-refractivity contribution in [2.75, 3.05) is 10.6 Å². The Balaban J connectivity index is 1.18. The van der Waals surface area contributed by atoms with Crippen molar-refractivity contribution >= 4 is 29.0 Å². The van der Waals surface area contributed by atoms with Gasteiger partial charge in [0.2, 0.25) is 5.91 Å². The van der Waals surface area contributed by atoms with Crippen molar-refractivity contribution < 1.29 is 23.1 Å². The summed E-state index contributed by atoms with van der Waals surface area (Å²) >= 11 is 0. The Kier molecular flexibility index (Phi) is 6.77. The van der Waals surface area contributed by atoms with Gasteiger partial charge in [-0.05, 0) is 86.8 Å². The van der Waals surface area contributed by atoms with Crippen LogP contribution in [0.25, 0.3) is 11.3 Å². The maximum atomic E-state index is 15.0. The molecule has 2 aromatic carbocycles.